The average Bonchev–Trinajstić information content (AvgIpc) is 3.47. The molecule has 0 radical (unpaired) electrons. The van der Waals surface area contributed by atoms with Gasteiger partial charge in [0.15, 0.2) is 0 Å². The third-order valence-corrected chi connectivity index (χ3v) is 9.75. The third kappa shape index (κ3) is 4.39. The zero-order valence-corrected chi connectivity index (χ0v) is 22.5. The monoisotopic (exact) mass is 514 g/mol. The number of nitrogens with one attached hydrogen (secondary N) is 1. The van der Waals surface area contributed by atoms with Gasteiger partial charge in [-0.15, -0.1) is 4.72 Å². The van der Waals surface area contributed by atoms with Crippen molar-refractivity contribution in [3.8, 4) is 11.1 Å². The summed E-state index contributed by atoms with van der Waals surface area (Å²) in [6.07, 6.45) is 9.70. The molecule has 35 heavy (non-hydrogen) atoms. The van der Waals surface area contributed by atoms with E-state index in [-0.39, 0.29) is 16.2 Å². The fourth-order valence-electron chi connectivity index (χ4n) is 5.72. The maximum absolute atomic E-state index is 13.1. The first-order valence-corrected chi connectivity index (χ1v) is 13.9. The van der Waals surface area contributed by atoms with Crippen LogP contribution >= 0.6 is 11.6 Å². The van der Waals surface area contributed by atoms with Gasteiger partial charge in [0, 0.05) is 48.0 Å². The van der Waals surface area contributed by atoms with Gasteiger partial charge in [-0.1, -0.05) is 36.6 Å². The lowest BCUT2D eigenvalue weighted by Crippen LogP contribution is -2.60. The van der Waals surface area contributed by atoms with E-state index >= 15 is 0 Å². The highest BCUT2D eigenvalue weighted by Gasteiger charge is 2.48. The molecule has 2 aromatic heterocycles. The molecule has 1 saturated heterocycles. The van der Waals surface area contributed by atoms with Crippen LogP contribution in [0.15, 0.2) is 30.6 Å². The predicted octanol–water partition coefficient (Wildman–Crippen LogP) is 5.13. The summed E-state index contributed by atoms with van der Waals surface area (Å²) in [6.45, 7) is 9.76. The fraction of sp³-hybridized carbons (Fsp3) is 0.538. The molecule has 1 aliphatic carbocycles. The van der Waals surface area contributed by atoms with E-state index in [1.807, 2.05) is 50.4 Å². The minimum atomic E-state index is -1.13. The van der Waals surface area contributed by atoms with Crippen LogP contribution < -0.4 is 15.4 Å². The van der Waals surface area contributed by atoms with Crippen LogP contribution in [-0.4, -0.2) is 42.8 Å². The van der Waals surface area contributed by atoms with E-state index in [2.05, 4.69) is 14.6 Å². The molecule has 1 aliphatic heterocycles. The molecule has 1 aromatic carbocycles. The van der Waals surface area contributed by atoms with Crippen LogP contribution in [0, 0.1) is 12.3 Å². The minimum absolute atomic E-state index is 0.141. The first-order valence-electron chi connectivity index (χ1n) is 12.4. The van der Waals surface area contributed by atoms with E-state index in [0.717, 1.165) is 47.9 Å². The number of halogens is 1. The van der Waals surface area contributed by atoms with Crippen molar-refractivity contribution in [2.75, 3.05) is 23.7 Å². The number of imidazole rings is 1. The van der Waals surface area contributed by atoms with Crippen molar-refractivity contribution < 1.29 is 4.55 Å². The Labute approximate surface area is 215 Å². The topological polar surface area (TPSA) is 94.5 Å². The van der Waals surface area contributed by atoms with Gasteiger partial charge in [-0.2, -0.15) is 0 Å². The van der Waals surface area contributed by atoms with Crippen LogP contribution in [0.1, 0.15) is 58.6 Å². The first-order chi connectivity index (χ1) is 16.6. The van der Waals surface area contributed by atoms with Crippen molar-refractivity contribution in [3.05, 3.63) is 41.3 Å². The lowest BCUT2D eigenvalue weighted by Gasteiger charge is -2.47. The number of piperidine rings is 1. The molecule has 2 fully saturated rings. The SMILES string of the molecule is Cc1nc(N2CCC3(CCCC3)C(N[S@+]([O-])C(C)(C)C)C2)n2ccnc2c1-c1cccc(N)c1Cl. The Morgan fingerprint density at radius 2 is 1.97 bits per heavy atom. The Balaban J connectivity index is 1.53. The molecular weight excluding hydrogens is 480 g/mol. The number of nitrogen functional groups attached to an aromatic ring is 1. The van der Waals surface area contributed by atoms with Crippen LogP contribution in [0.25, 0.3) is 16.8 Å². The predicted molar refractivity (Wildman–Crippen MR) is 145 cm³/mol. The average molecular weight is 515 g/mol. The van der Waals surface area contributed by atoms with Crippen molar-refractivity contribution in [1.82, 2.24) is 19.1 Å². The van der Waals surface area contributed by atoms with Gasteiger partial charge in [0.2, 0.25) is 5.95 Å². The lowest BCUT2D eigenvalue weighted by atomic mass is 9.73. The molecule has 3 heterocycles. The molecule has 5 rings (SSSR count). The molecule has 7 nitrogen and oxygen atoms in total. The summed E-state index contributed by atoms with van der Waals surface area (Å²) >= 11 is 5.46. The Morgan fingerprint density at radius 1 is 1.23 bits per heavy atom. The molecule has 9 heteroatoms. The van der Waals surface area contributed by atoms with Gasteiger partial charge in [0.1, 0.15) is 10.4 Å². The molecule has 0 amide bonds. The van der Waals surface area contributed by atoms with Crippen molar-refractivity contribution >= 4 is 40.2 Å². The summed E-state index contributed by atoms with van der Waals surface area (Å²) in [5.74, 6) is 0.861. The van der Waals surface area contributed by atoms with E-state index in [0.29, 0.717) is 10.7 Å². The Hall–Kier alpha value is -2.00. The zero-order valence-electron chi connectivity index (χ0n) is 21.0. The molecule has 0 bridgehead atoms. The number of benzene rings is 1. The molecular formula is C26H35ClN6OS. The van der Waals surface area contributed by atoms with Crippen molar-refractivity contribution in [1.29, 1.82) is 0 Å². The maximum Gasteiger partial charge on any atom is 0.211 e. The molecule has 1 saturated carbocycles. The van der Waals surface area contributed by atoms with E-state index in [4.69, 9.17) is 22.3 Å². The number of anilines is 2. The number of hydrogen-bond donors (Lipinski definition) is 2. The van der Waals surface area contributed by atoms with Crippen LogP contribution in [0.4, 0.5) is 11.6 Å². The normalized spacial score (nSPS) is 21.2. The van der Waals surface area contributed by atoms with Crippen LogP contribution in [-0.2, 0) is 11.4 Å². The van der Waals surface area contributed by atoms with E-state index in [9.17, 15) is 4.55 Å². The minimum Gasteiger partial charge on any atom is -0.598 e. The quantitative estimate of drug-likeness (QED) is 0.370. The number of nitrogens with zero attached hydrogens (tertiary/aromatic N) is 4. The number of fused-ring (bicyclic) bond motifs is 1. The van der Waals surface area contributed by atoms with Crippen LogP contribution in [0.2, 0.25) is 5.02 Å². The number of aryl methyl sites for hydroxylation is 1. The molecule has 2 atom stereocenters. The second kappa shape index (κ2) is 9.14. The second-order valence-corrected chi connectivity index (χ2v) is 13.4. The summed E-state index contributed by atoms with van der Waals surface area (Å²) in [5, 5.41) is 0.519. The van der Waals surface area contributed by atoms with E-state index in [1.165, 1.54) is 25.7 Å². The molecule has 1 spiro atoms. The fourth-order valence-corrected chi connectivity index (χ4v) is 6.87. The maximum atomic E-state index is 13.1. The molecule has 3 aromatic rings. The number of hydrogen-bond acceptors (Lipinski definition) is 6. The first kappa shape index (κ1) is 24.7. The zero-order chi connectivity index (χ0) is 25.0. The molecule has 3 N–H and O–H groups in total. The summed E-state index contributed by atoms with van der Waals surface area (Å²) in [4.78, 5) is 12.1. The van der Waals surface area contributed by atoms with Gasteiger partial charge >= 0.3 is 0 Å². The number of nitrogens with two attached hydrogens (primary N) is 1. The highest BCUT2D eigenvalue weighted by Crippen LogP contribution is 2.47. The lowest BCUT2D eigenvalue weighted by molar-refractivity contribution is 0.174. The summed E-state index contributed by atoms with van der Waals surface area (Å²) in [5.41, 5.74) is 10.2. The second-order valence-electron chi connectivity index (χ2n) is 11.0. The standard InChI is InChI=1S/C26H35ClN6OS/c1-17-21(18-8-7-9-19(28)22(18)27)23-29-13-15-33(23)24(30-17)32-14-12-26(10-5-6-11-26)20(16-32)31-35(34)25(2,3)4/h7-9,13,15,20,31H,5-6,10-12,14,16,28H2,1-4H3/t20?,35-/m1/s1. The number of rotatable bonds is 4. The largest absolute Gasteiger partial charge is 0.598 e. The summed E-state index contributed by atoms with van der Waals surface area (Å²) in [7, 11) is 0. The van der Waals surface area contributed by atoms with Gasteiger partial charge in [-0.05, 0) is 58.4 Å². The smallest absolute Gasteiger partial charge is 0.211 e. The Kier molecular flexibility index (Phi) is 6.45. The third-order valence-electron chi connectivity index (χ3n) is 7.72. The Bertz CT molecular complexity index is 1230. The molecule has 188 valence electrons. The van der Waals surface area contributed by atoms with Crippen molar-refractivity contribution in [2.24, 2.45) is 5.41 Å². The number of aromatic nitrogens is 3. The van der Waals surface area contributed by atoms with Gasteiger partial charge in [0.25, 0.3) is 0 Å². The van der Waals surface area contributed by atoms with Crippen molar-refractivity contribution in [2.45, 2.75) is 70.6 Å². The summed E-state index contributed by atoms with van der Waals surface area (Å²) in [6, 6.07) is 5.81. The van der Waals surface area contributed by atoms with Gasteiger partial charge in [0.05, 0.1) is 22.4 Å². The van der Waals surface area contributed by atoms with Crippen LogP contribution in [0.3, 0.4) is 0 Å². The highest BCUT2D eigenvalue weighted by molar-refractivity contribution is 7.90. The van der Waals surface area contributed by atoms with Gasteiger partial charge in [-0.25, -0.2) is 9.97 Å². The highest BCUT2D eigenvalue weighted by atomic mass is 35.5. The van der Waals surface area contributed by atoms with E-state index in [1.54, 1.807) is 12.3 Å². The Morgan fingerprint density at radius 3 is 2.69 bits per heavy atom. The summed E-state index contributed by atoms with van der Waals surface area (Å²) < 4.78 is 18.4. The van der Waals surface area contributed by atoms with Gasteiger partial charge < -0.3 is 15.2 Å². The van der Waals surface area contributed by atoms with Gasteiger partial charge in [-0.3, -0.25) is 4.40 Å². The molecule has 1 unspecified atom stereocenters. The molecule has 2 aliphatic rings. The van der Waals surface area contributed by atoms with E-state index < -0.39 is 11.4 Å². The van der Waals surface area contributed by atoms with Crippen molar-refractivity contribution in [3.63, 3.8) is 0 Å². The van der Waals surface area contributed by atoms with Crippen LogP contribution in [0.5, 0.6) is 0 Å².